The lowest BCUT2D eigenvalue weighted by Gasteiger charge is -2.40. The fraction of sp³-hybridized carbons (Fsp3) is 0.667. The van der Waals surface area contributed by atoms with E-state index in [2.05, 4.69) is 0 Å². The standard InChI is InChI=1S/C18H24FN/c1-11-7-14(19)6-5-12(11)9-18(20)10-13-8-17(18)16-4-2-3-15(13)16/h5-7,13,15-17H,2-4,8-10,20H2,1H3. The van der Waals surface area contributed by atoms with Crippen LogP contribution in [0.2, 0.25) is 0 Å². The van der Waals surface area contributed by atoms with E-state index in [1.54, 1.807) is 12.1 Å². The lowest BCUT2D eigenvalue weighted by atomic mass is 9.69. The predicted octanol–water partition coefficient (Wildman–Crippen LogP) is 3.83. The van der Waals surface area contributed by atoms with Crippen molar-refractivity contribution in [3.05, 3.63) is 35.1 Å². The summed E-state index contributed by atoms with van der Waals surface area (Å²) in [6.45, 7) is 2.01. The van der Waals surface area contributed by atoms with E-state index in [-0.39, 0.29) is 11.4 Å². The van der Waals surface area contributed by atoms with Crippen LogP contribution < -0.4 is 5.73 Å². The van der Waals surface area contributed by atoms with Gasteiger partial charge in [0.2, 0.25) is 0 Å². The van der Waals surface area contributed by atoms with E-state index in [9.17, 15) is 4.39 Å². The Morgan fingerprint density at radius 3 is 2.90 bits per heavy atom. The number of aryl methyl sites for hydroxylation is 1. The maximum atomic E-state index is 13.3. The van der Waals surface area contributed by atoms with Crippen LogP contribution in [-0.4, -0.2) is 5.54 Å². The molecule has 0 saturated heterocycles. The fourth-order valence-corrected chi connectivity index (χ4v) is 5.73. The Morgan fingerprint density at radius 2 is 2.10 bits per heavy atom. The van der Waals surface area contributed by atoms with Gasteiger partial charge in [-0.1, -0.05) is 12.5 Å². The second-order valence-corrected chi connectivity index (χ2v) is 7.55. The minimum absolute atomic E-state index is 0.0290. The molecule has 0 aromatic heterocycles. The third-order valence-corrected chi connectivity index (χ3v) is 6.51. The van der Waals surface area contributed by atoms with Crippen LogP contribution in [0.3, 0.4) is 0 Å². The zero-order valence-corrected chi connectivity index (χ0v) is 12.2. The molecule has 1 aromatic rings. The van der Waals surface area contributed by atoms with E-state index in [1.165, 1.54) is 37.7 Å². The molecule has 0 spiro atoms. The molecule has 2 bridgehead atoms. The van der Waals surface area contributed by atoms with Crippen LogP contribution in [-0.2, 0) is 6.42 Å². The molecule has 3 fully saturated rings. The highest BCUT2D eigenvalue weighted by molar-refractivity contribution is 5.30. The van der Waals surface area contributed by atoms with E-state index < -0.39 is 0 Å². The number of hydrogen-bond acceptors (Lipinski definition) is 1. The monoisotopic (exact) mass is 273 g/mol. The number of nitrogens with two attached hydrogens (primary N) is 1. The van der Waals surface area contributed by atoms with Gasteiger partial charge >= 0.3 is 0 Å². The van der Waals surface area contributed by atoms with E-state index in [1.807, 2.05) is 13.0 Å². The molecule has 1 nitrogen and oxygen atoms in total. The average Bonchev–Trinajstić information content (AvgIpc) is 3.03. The van der Waals surface area contributed by atoms with Crippen molar-refractivity contribution in [1.29, 1.82) is 0 Å². The van der Waals surface area contributed by atoms with Crippen LogP contribution in [0.5, 0.6) is 0 Å². The third-order valence-electron chi connectivity index (χ3n) is 6.51. The van der Waals surface area contributed by atoms with Gasteiger partial charge < -0.3 is 5.73 Å². The zero-order chi connectivity index (χ0) is 13.9. The summed E-state index contributed by atoms with van der Waals surface area (Å²) >= 11 is 0. The van der Waals surface area contributed by atoms with Gasteiger partial charge in [-0.05, 0) is 86.0 Å². The average molecular weight is 273 g/mol. The van der Waals surface area contributed by atoms with Crippen LogP contribution >= 0.6 is 0 Å². The van der Waals surface area contributed by atoms with Gasteiger partial charge in [-0.15, -0.1) is 0 Å². The Kier molecular flexibility index (Phi) is 2.76. The van der Waals surface area contributed by atoms with E-state index in [4.69, 9.17) is 5.73 Å². The van der Waals surface area contributed by atoms with E-state index in [0.29, 0.717) is 5.92 Å². The van der Waals surface area contributed by atoms with Crippen molar-refractivity contribution in [2.24, 2.45) is 29.4 Å². The molecule has 3 aliphatic carbocycles. The lowest BCUT2D eigenvalue weighted by Crippen LogP contribution is -2.51. The summed E-state index contributed by atoms with van der Waals surface area (Å²) in [5.74, 6) is 3.31. The predicted molar refractivity (Wildman–Crippen MR) is 78.8 cm³/mol. The number of halogens is 1. The number of hydrogen-bond donors (Lipinski definition) is 1. The fourth-order valence-electron chi connectivity index (χ4n) is 5.73. The smallest absolute Gasteiger partial charge is 0.123 e. The van der Waals surface area contributed by atoms with Gasteiger partial charge in [-0.25, -0.2) is 4.39 Å². The van der Waals surface area contributed by atoms with Gasteiger partial charge in [-0.3, -0.25) is 0 Å². The molecule has 2 N–H and O–H groups in total. The van der Waals surface area contributed by atoms with Gasteiger partial charge in [0.25, 0.3) is 0 Å². The van der Waals surface area contributed by atoms with Gasteiger partial charge in [0, 0.05) is 5.54 Å². The number of benzene rings is 1. The topological polar surface area (TPSA) is 26.0 Å². The molecular formula is C18H24FN. The summed E-state index contributed by atoms with van der Waals surface area (Å²) in [5.41, 5.74) is 9.12. The normalized spacial score (nSPS) is 42.1. The third kappa shape index (κ3) is 1.77. The molecule has 4 rings (SSSR count). The van der Waals surface area contributed by atoms with Crippen LogP contribution in [0.1, 0.15) is 43.2 Å². The molecule has 0 radical (unpaired) electrons. The molecule has 5 atom stereocenters. The molecule has 3 saturated carbocycles. The van der Waals surface area contributed by atoms with Crippen molar-refractivity contribution in [1.82, 2.24) is 0 Å². The van der Waals surface area contributed by atoms with Crippen molar-refractivity contribution in [2.45, 2.75) is 51.0 Å². The molecule has 3 aliphatic rings. The van der Waals surface area contributed by atoms with Crippen LogP contribution in [0.4, 0.5) is 4.39 Å². The summed E-state index contributed by atoms with van der Waals surface area (Å²) in [6, 6.07) is 5.17. The Morgan fingerprint density at radius 1 is 1.30 bits per heavy atom. The summed E-state index contributed by atoms with van der Waals surface area (Å²) in [5, 5.41) is 0. The highest BCUT2D eigenvalue weighted by atomic mass is 19.1. The second kappa shape index (κ2) is 4.30. The largest absolute Gasteiger partial charge is 0.325 e. The highest BCUT2D eigenvalue weighted by Crippen LogP contribution is 2.62. The van der Waals surface area contributed by atoms with Gasteiger partial charge in [0.1, 0.15) is 5.82 Å². The molecule has 1 aromatic carbocycles. The summed E-state index contributed by atoms with van der Waals surface area (Å²) < 4.78 is 13.3. The molecule has 5 unspecified atom stereocenters. The Balaban J connectivity index is 1.60. The van der Waals surface area contributed by atoms with Crippen molar-refractivity contribution in [3.63, 3.8) is 0 Å². The Hall–Kier alpha value is -0.890. The maximum absolute atomic E-state index is 13.3. The molecule has 0 heterocycles. The van der Waals surface area contributed by atoms with Crippen molar-refractivity contribution in [3.8, 4) is 0 Å². The van der Waals surface area contributed by atoms with Crippen molar-refractivity contribution < 1.29 is 4.39 Å². The molecule has 0 amide bonds. The molecule has 2 heteroatoms. The summed E-state index contributed by atoms with van der Waals surface area (Å²) in [4.78, 5) is 0. The second-order valence-electron chi connectivity index (χ2n) is 7.55. The van der Waals surface area contributed by atoms with Crippen LogP contribution in [0.25, 0.3) is 0 Å². The molecule has 108 valence electrons. The summed E-state index contributed by atoms with van der Waals surface area (Å²) in [6.07, 6.45) is 7.73. The molecule has 0 aliphatic heterocycles. The number of rotatable bonds is 2. The quantitative estimate of drug-likeness (QED) is 0.870. The first-order valence-electron chi connectivity index (χ1n) is 8.11. The first kappa shape index (κ1) is 12.8. The van der Waals surface area contributed by atoms with Crippen molar-refractivity contribution >= 4 is 0 Å². The van der Waals surface area contributed by atoms with E-state index >= 15 is 0 Å². The summed E-state index contributed by atoms with van der Waals surface area (Å²) in [7, 11) is 0. The zero-order valence-electron chi connectivity index (χ0n) is 12.2. The SMILES string of the molecule is Cc1cc(F)ccc1CC1(N)CC2CC1C1CCCC21. The van der Waals surface area contributed by atoms with Gasteiger partial charge in [0.15, 0.2) is 0 Å². The minimum Gasteiger partial charge on any atom is -0.325 e. The highest BCUT2D eigenvalue weighted by Gasteiger charge is 2.59. The van der Waals surface area contributed by atoms with E-state index in [0.717, 1.165) is 29.7 Å². The molecular weight excluding hydrogens is 249 g/mol. The number of fused-ring (bicyclic) bond motifs is 5. The molecule has 20 heavy (non-hydrogen) atoms. The van der Waals surface area contributed by atoms with Crippen LogP contribution in [0, 0.1) is 36.4 Å². The minimum atomic E-state index is -0.138. The Labute approximate surface area is 120 Å². The Bertz CT molecular complexity index is 540. The maximum Gasteiger partial charge on any atom is 0.123 e. The lowest BCUT2D eigenvalue weighted by molar-refractivity contribution is 0.156. The first-order chi connectivity index (χ1) is 9.57. The van der Waals surface area contributed by atoms with Crippen LogP contribution in [0.15, 0.2) is 18.2 Å². The first-order valence-corrected chi connectivity index (χ1v) is 8.11. The van der Waals surface area contributed by atoms with Gasteiger partial charge in [0.05, 0.1) is 0 Å². The van der Waals surface area contributed by atoms with Gasteiger partial charge in [-0.2, -0.15) is 0 Å². The van der Waals surface area contributed by atoms with Crippen molar-refractivity contribution in [2.75, 3.05) is 0 Å².